The maximum absolute atomic E-state index is 9.24. The molecule has 0 aliphatic carbocycles. The van der Waals surface area contributed by atoms with Gasteiger partial charge < -0.3 is 15.3 Å². The molecule has 3 nitrogen and oxygen atoms in total. The Morgan fingerprint density at radius 2 is 1.47 bits per heavy atom. The van der Waals surface area contributed by atoms with Crippen molar-refractivity contribution in [3.63, 3.8) is 0 Å². The van der Waals surface area contributed by atoms with Gasteiger partial charge in [0.05, 0.1) is 18.5 Å². The zero-order valence-electron chi connectivity index (χ0n) is 9.60. The van der Waals surface area contributed by atoms with E-state index in [0.717, 1.165) is 44.8 Å². The van der Waals surface area contributed by atoms with Gasteiger partial charge in [0.2, 0.25) is 0 Å². The normalized spacial score (nSPS) is 15.7. The van der Waals surface area contributed by atoms with Gasteiger partial charge in [-0.25, -0.2) is 0 Å². The summed E-state index contributed by atoms with van der Waals surface area (Å²) in [4.78, 5) is 0. The van der Waals surface area contributed by atoms with E-state index in [9.17, 15) is 5.11 Å². The molecule has 0 saturated carbocycles. The second-order valence-corrected chi connectivity index (χ2v) is 4.10. The quantitative estimate of drug-likeness (QED) is 0.410. The number of unbranched alkanes of at least 4 members (excludes halogenated alkanes) is 4. The maximum atomic E-state index is 9.24. The van der Waals surface area contributed by atoms with E-state index in [-0.39, 0.29) is 6.10 Å². The van der Waals surface area contributed by atoms with Gasteiger partial charge >= 0.3 is 0 Å². The summed E-state index contributed by atoms with van der Waals surface area (Å²) in [6, 6.07) is 0. The van der Waals surface area contributed by atoms with E-state index in [0.29, 0.717) is 6.42 Å². The molecule has 0 saturated heterocycles. The third-order valence-corrected chi connectivity index (χ3v) is 2.43. The lowest BCUT2D eigenvalue weighted by atomic mass is 10.1. The second-order valence-electron chi connectivity index (χ2n) is 4.10. The van der Waals surface area contributed by atoms with Crippen molar-refractivity contribution in [3.8, 4) is 0 Å². The van der Waals surface area contributed by atoms with Crippen molar-refractivity contribution in [2.75, 3.05) is 0 Å². The predicted octanol–water partition coefficient (Wildman–Crippen LogP) is 2.53. The molecule has 3 N–H and O–H groups in total. The molecule has 0 amide bonds. The minimum absolute atomic E-state index is 0.179. The lowest BCUT2D eigenvalue weighted by Crippen LogP contribution is -2.01. The van der Waals surface area contributed by atoms with E-state index in [4.69, 9.17) is 10.2 Å². The summed E-state index contributed by atoms with van der Waals surface area (Å²) in [5.74, 6) is 0. The van der Waals surface area contributed by atoms with Gasteiger partial charge in [-0.3, -0.25) is 0 Å². The highest BCUT2D eigenvalue weighted by atomic mass is 16.3. The van der Waals surface area contributed by atoms with Crippen LogP contribution in [0.25, 0.3) is 0 Å². The molecule has 15 heavy (non-hydrogen) atoms. The predicted molar refractivity (Wildman–Crippen MR) is 61.8 cm³/mol. The Kier molecular flexibility index (Phi) is 9.63. The van der Waals surface area contributed by atoms with Gasteiger partial charge in [0, 0.05) is 0 Å². The van der Waals surface area contributed by atoms with Crippen LogP contribution in [0, 0.1) is 0 Å². The second kappa shape index (κ2) is 9.99. The highest BCUT2D eigenvalue weighted by Gasteiger charge is 1.99. The molecule has 0 aromatic heterocycles. The molecule has 90 valence electrons. The van der Waals surface area contributed by atoms with E-state index in [1.54, 1.807) is 0 Å². The Morgan fingerprint density at radius 3 is 2.00 bits per heavy atom. The van der Waals surface area contributed by atoms with Crippen LogP contribution in [0.1, 0.15) is 51.9 Å². The highest BCUT2D eigenvalue weighted by Crippen LogP contribution is 2.10. The molecule has 0 spiro atoms. The van der Waals surface area contributed by atoms with Crippen LogP contribution in [0.3, 0.4) is 0 Å². The fourth-order valence-electron chi connectivity index (χ4n) is 1.52. The van der Waals surface area contributed by atoms with Crippen molar-refractivity contribution in [2.45, 2.75) is 64.1 Å². The molecule has 0 radical (unpaired) electrons. The average Bonchev–Trinajstić information content (AvgIpc) is 2.16. The fraction of sp³-hybridized carbons (Fsp3) is 0.833. The Hall–Kier alpha value is -0.540. The SMILES string of the molecule is CC(O)CCCCCCCC(O)/C=C/O. The van der Waals surface area contributed by atoms with Crippen molar-refractivity contribution >= 4 is 0 Å². The summed E-state index contributed by atoms with van der Waals surface area (Å²) in [6.07, 6.45) is 8.69. The van der Waals surface area contributed by atoms with Gasteiger partial charge in [-0.2, -0.15) is 0 Å². The van der Waals surface area contributed by atoms with Crippen molar-refractivity contribution in [2.24, 2.45) is 0 Å². The third-order valence-electron chi connectivity index (χ3n) is 2.43. The minimum atomic E-state index is -0.507. The van der Waals surface area contributed by atoms with E-state index in [1.807, 2.05) is 6.92 Å². The molecule has 3 heteroatoms. The molecule has 0 aromatic carbocycles. The Labute approximate surface area is 92.4 Å². The zero-order valence-corrected chi connectivity index (χ0v) is 9.60. The number of rotatable bonds is 9. The number of hydrogen-bond donors (Lipinski definition) is 3. The summed E-state index contributed by atoms with van der Waals surface area (Å²) in [5, 5.41) is 26.7. The van der Waals surface area contributed by atoms with Gasteiger partial charge in [0.25, 0.3) is 0 Å². The fourth-order valence-corrected chi connectivity index (χ4v) is 1.52. The standard InChI is InChI=1S/C12H24O3/c1-11(14)7-5-3-2-4-6-8-12(15)9-10-13/h9-15H,2-8H2,1H3/b10-9+. The first-order chi connectivity index (χ1) is 7.16. The van der Waals surface area contributed by atoms with Gasteiger partial charge in [-0.1, -0.05) is 32.1 Å². The summed E-state index contributed by atoms with van der Waals surface area (Å²) >= 11 is 0. The molecule has 0 aliphatic rings. The topological polar surface area (TPSA) is 60.7 Å². The highest BCUT2D eigenvalue weighted by molar-refractivity contribution is 4.81. The van der Waals surface area contributed by atoms with Crippen LogP contribution in [0.15, 0.2) is 12.3 Å². The minimum Gasteiger partial charge on any atom is -0.516 e. The lowest BCUT2D eigenvalue weighted by molar-refractivity contribution is 0.180. The van der Waals surface area contributed by atoms with Gasteiger partial charge in [0.1, 0.15) is 0 Å². The van der Waals surface area contributed by atoms with Crippen LogP contribution < -0.4 is 0 Å². The maximum Gasteiger partial charge on any atom is 0.0777 e. The van der Waals surface area contributed by atoms with Crippen LogP contribution in [0.4, 0.5) is 0 Å². The van der Waals surface area contributed by atoms with Crippen LogP contribution >= 0.6 is 0 Å². The summed E-state index contributed by atoms with van der Waals surface area (Å²) in [5.41, 5.74) is 0. The molecule has 0 aliphatic heterocycles. The lowest BCUT2D eigenvalue weighted by Gasteiger charge is -2.05. The summed E-state index contributed by atoms with van der Waals surface area (Å²) < 4.78 is 0. The molecule has 0 bridgehead atoms. The van der Waals surface area contributed by atoms with Gasteiger partial charge in [0.15, 0.2) is 0 Å². The van der Waals surface area contributed by atoms with Crippen molar-refractivity contribution < 1.29 is 15.3 Å². The Bertz CT molecular complexity index is 155. The van der Waals surface area contributed by atoms with E-state index in [1.165, 1.54) is 6.08 Å². The van der Waals surface area contributed by atoms with Crippen LogP contribution in [0.2, 0.25) is 0 Å². The first-order valence-electron chi connectivity index (χ1n) is 5.84. The largest absolute Gasteiger partial charge is 0.516 e. The van der Waals surface area contributed by atoms with Crippen LogP contribution in [0.5, 0.6) is 0 Å². The van der Waals surface area contributed by atoms with Gasteiger partial charge in [-0.05, 0) is 25.8 Å². The van der Waals surface area contributed by atoms with Crippen LogP contribution in [-0.2, 0) is 0 Å². The molecule has 0 aromatic rings. The first kappa shape index (κ1) is 14.5. The van der Waals surface area contributed by atoms with E-state index in [2.05, 4.69) is 0 Å². The molecule has 2 unspecified atom stereocenters. The zero-order chi connectivity index (χ0) is 11.5. The smallest absolute Gasteiger partial charge is 0.0777 e. The molecular formula is C12H24O3. The Balaban J connectivity index is 3.11. The number of hydrogen-bond acceptors (Lipinski definition) is 3. The number of aliphatic hydroxyl groups is 3. The molecule has 0 fully saturated rings. The molecule has 2 atom stereocenters. The summed E-state index contributed by atoms with van der Waals surface area (Å²) in [6.45, 7) is 1.82. The molecular weight excluding hydrogens is 192 g/mol. The van der Waals surface area contributed by atoms with Crippen molar-refractivity contribution in [1.82, 2.24) is 0 Å². The van der Waals surface area contributed by atoms with Crippen LogP contribution in [-0.4, -0.2) is 27.5 Å². The first-order valence-corrected chi connectivity index (χ1v) is 5.84. The van der Waals surface area contributed by atoms with Crippen molar-refractivity contribution in [3.05, 3.63) is 12.3 Å². The summed E-state index contributed by atoms with van der Waals surface area (Å²) in [7, 11) is 0. The van der Waals surface area contributed by atoms with Gasteiger partial charge in [-0.15, -0.1) is 0 Å². The third kappa shape index (κ3) is 11.4. The van der Waals surface area contributed by atoms with E-state index < -0.39 is 6.10 Å². The monoisotopic (exact) mass is 216 g/mol. The molecule has 0 rings (SSSR count). The van der Waals surface area contributed by atoms with Crippen molar-refractivity contribution in [1.29, 1.82) is 0 Å². The average molecular weight is 216 g/mol. The number of aliphatic hydroxyl groups excluding tert-OH is 3. The molecule has 0 heterocycles. The van der Waals surface area contributed by atoms with E-state index >= 15 is 0 Å². The Morgan fingerprint density at radius 1 is 0.933 bits per heavy atom.